The van der Waals surface area contributed by atoms with Crippen molar-refractivity contribution in [2.24, 2.45) is 11.8 Å². The number of nitrogens with zero attached hydrogens (tertiary/aromatic N) is 2. The molecule has 3 aliphatic heterocycles. The number of halogens is 1. The molecular weight excluding hydrogens is 423 g/mol. The highest BCUT2D eigenvalue weighted by Gasteiger charge is 2.75. The number of imide groups is 1. The maximum absolute atomic E-state index is 13.0. The molecule has 124 valence electrons. The molecule has 6 nitrogen and oxygen atoms in total. The Morgan fingerprint density at radius 1 is 1.33 bits per heavy atom. The molecule has 2 bridgehead atoms. The Morgan fingerprint density at radius 3 is 2.62 bits per heavy atom. The summed E-state index contributed by atoms with van der Waals surface area (Å²) in [6.45, 7) is 10.6. The minimum absolute atomic E-state index is 0.283. The topological polar surface area (TPSA) is 71.2 Å². The van der Waals surface area contributed by atoms with E-state index in [9.17, 15) is 14.7 Å². The standard InChI is InChI=1S/C17H15IN2O4/c1-16-7-11(21)17(2,24-16)13-12(16)14(22)20(15(13)23)8-4-5-10(19-3)9(18)6-8/h4-6,11-13,21H,7H2,1-2H3/t11-,12+,13-,16?,17?/m1/s1. The van der Waals surface area contributed by atoms with Gasteiger partial charge in [-0.2, -0.15) is 0 Å². The van der Waals surface area contributed by atoms with E-state index < -0.39 is 29.1 Å². The van der Waals surface area contributed by atoms with Crippen molar-refractivity contribution in [3.05, 3.63) is 33.2 Å². The van der Waals surface area contributed by atoms with E-state index in [-0.39, 0.29) is 11.8 Å². The maximum atomic E-state index is 13.0. The quantitative estimate of drug-likeness (QED) is 0.415. The molecule has 24 heavy (non-hydrogen) atoms. The van der Waals surface area contributed by atoms with Crippen molar-refractivity contribution in [2.45, 2.75) is 37.6 Å². The Balaban J connectivity index is 1.79. The van der Waals surface area contributed by atoms with Crippen molar-refractivity contribution in [3.63, 3.8) is 0 Å². The lowest BCUT2D eigenvalue weighted by molar-refractivity contribution is -0.132. The molecule has 0 aliphatic carbocycles. The molecule has 3 aliphatic rings. The number of hydrogen-bond acceptors (Lipinski definition) is 4. The van der Waals surface area contributed by atoms with E-state index in [1.807, 2.05) is 22.6 Å². The SMILES string of the molecule is [C-]#[N+]c1ccc(N2C(=O)[C@@H]3[C@H](C2=O)C2(C)OC3(C)C[C@H]2O)cc1I. The molecule has 0 saturated carbocycles. The van der Waals surface area contributed by atoms with Gasteiger partial charge in [-0.15, -0.1) is 0 Å². The third-order valence-corrected chi connectivity index (χ3v) is 6.47. The van der Waals surface area contributed by atoms with E-state index in [0.29, 0.717) is 21.4 Å². The molecule has 0 radical (unpaired) electrons. The Kier molecular flexibility index (Phi) is 3.18. The van der Waals surface area contributed by atoms with Gasteiger partial charge in [-0.1, -0.05) is 28.7 Å². The zero-order valence-corrected chi connectivity index (χ0v) is 15.3. The molecule has 3 heterocycles. The second-order valence-electron chi connectivity index (χ2n) is 7.03. The first kappa shape index (κ1) is 16.0. The first-order chi connectivity index (χ1) is 11.2. The Bertz CT molecular complexity index is 834. The van der Waals surface area contributed by atoms with Crippen LogP contribution < -0.4 is 4.90 Å². The van der Waals surface area contributed by atoms with E-state index in [1.54, 1.807) is 32.0 Å². The molecule has 3 fully saturated rings. The minimum atomic E-state index is -1.02. The molecule has 1 N–H and O–H groups in total. The highest BCUT2D eigenvalue weighted by Crippen LogP contribution is 2.61. The van der Waals surface area contributed by atoms with E-state index in [2.05, 4.69) is 4.85 Å². The molecule has 0 aromatic heterocycles. The predicted octanol–water partition coefficient (Wildman–Crippen LogP) is 2.26. The highest BCUT2D eigenvalue weighted by molar-refractivity contribution is 14.1. The van der Waals surface area contributed by atoms with Crippen molar-refractivity contribution in [2.75, 3.05) is 4.90 Å². The van der Waals surface area contributed by atoms with Crippen molar-refractivity contribution in [1.82, 2.24) is 0 Å². The number of anilines is 1. The molecule has 7 heteroatoms. The summed E-state index contributed by atoms with van der Waals surface area (Å²) >= 11 is 2.02. The number of carbonyl (C=O) groups is 2. The van der Waals surface area contributed by atoms with Gasteiger partial charge < -0.3 is 9.84 Å². The van der Waals surface area contributed by atoms with Crippen LogP contribution in [-0.4, -0.2) is 34.2 Å². The van der Waals surface area contributed by atoms with Gasteiger partial charge in [0.1, 0.15) is 5.60 Å². The fourth-order valence-corrected chi connectivity index (χ4v) is 5.12. The normalized spacial score (nSPS) is 40.1. The number of fused-ring (bicyclic) bond motifs is 5. The number of amides is 2. The monoisotopic (exact) mass is 438 g/mol. The largest absolute Gasteiger partial charge is 0.390 e. The predicted molar refractivity (Wildman–Crippen MR) is 93.4 cm³/mol. The summed E-state index contributed by atoms with van der Waals surface area (Å²) in [5, 5.41) is 10.3. The van der Waals surface area contributed by atoms with Crippen molar-refractivity contribution < 1.29 is 19.4 Å². The van der Waals surface area contributed by atoms with Crippen LogP contribution in [0.25, 0.3) is 4.85 Å². The van der Waals surface area contributed by atoms with Gasteiger partial charge in [0.15, 0.2) is 5.69 Å². The summed E-state index contributed by atoms with van der Waals surface area (Å²) in [5.41, 5.74) is -0.886. The number of aliphatic hydroxyl groups is 1. The van der Waals surface area contributed by atoms with Gasteiger partial charge in [-0.3, -0.25) is 9.59 Å². The van der Waals surface area contributed by atoms with Crippen LogP contribution in [0.4, 0.5) is 11.4 Å². The summed E-state index contributed by atoms with van der Waals surface area (Å²) in [6.07, 6.45) is -0.406. The van der Waals surface area contributed by atoms with E-state index in [0.717, 1.165) is 0 Å². The fraction of sp³-hybridized carbons (Fsp3) is 0.471. The van der Waals surface area contributed by atoms with Gasteiger partial charge in [0.05, 0.1) is 35.8 Å². The average Bonchev–Trinajstić information content (AvgIpc) is 3.01. The molecule has 2 amide bonds. The van der Waals surface area contributed by atoms with Gasteiger partial charge in [0, 0.05) is 9.99 Å². The van der Waals surface area contributed by atoms with Gasteiger partial charge >= 0.3 is 0 Å². The second-order valence-corrected chi connectivity index (χ2v) is 8.20. The zero-order valence-electron chi connectivity index (χ0n) is 13.1. The first-order valence-electron chi connectivity index (χ1n) is 7.66. The summed E-state index contributed by atoms with van der Waals surface area (Å²) < 4.78 is 6.64. The van der Waals surface area contributed by atoms with E-state index >= 15 is 0 Å². The lowest BCUT2D eigenvalue weighted by Gasteiger charge is -2.31. The zero-order chi connectivity index (χ0) is 17.4. The lowest BCUT2D eigenvalue weighted by Crippen LogP contribution is -2.49. The Labute approximate surface area is 152 Å². The van der Waals surface area contributed by atoms with Crippen LogP contribution in [0.15, 0.2) is 18.2 Å². The smallest absolute Gasteiger partial charge is 0.240 e. The minimum Gasteiger partial charge on any atom is -0.390 e. The van der Waals surface area contributed by atoms with Crippen LogP contribution >= 0.6 is 22.6 Å². The maximum Gasteiger partial charge on any atom is 0.240 e. The Hall–Kier alpha value is -1.50. The number of ether oxygens (including phenoxy) is 1. The van der Waals surface area contributed by atoms with Crippen LogP contribution in [0.5, 0.6) is 0 Å². The molecule has 5 atom stereocenters. The van der Waals surface area contributed by atoms with Gasteiger partial charge in [-0.25, -0.2) is 9.74 Å². The lowest BCUT2D eigenvalue weighted by atomic mass is 9.67. The summed E-state index contributed by atoms with van der Waals surface area (Å²) in [4.78, 5) is 30.6. The number of hydrogen-bond donors (Lipinski definition) is 1. The first-order valence-corrected chi connectivity index (χ1v) is 8.74. The summed E-state index contributed by atoms with van der Waals surface area (Å²) in [5.74, 6) is -1.86. The molecular formula is C17H15IN2O4. The van der Waals surface area contributed by atoms with E-state index in [4.69, 9.17) is 11.3 Å². The van der Waals surface area contributed by atoms with Crippen LogP contribution in [0, 0.1) is 22.0 Å². The van der Waals surface area contributed by atoms with Gasteiger partial charge in [-0.05, 0) is 26.0 Å². The summed E-state index contributed by atoms with van der Waals surface area (Å²) in [7, 11) is 0. The highest BCUT2D eigenvalue weighted by atomic mass is 127. The fourth-order valence-electron chi connectivity index (χ4n) is 4.50. The number of benzene rings is 1. The van der Waals surface area contributed by atoms with E-state index in [1.165, 1.54) is 4.90 Å². The molecule has 4 rings (SSSR count). The van der Waals surface area contributed by atoms with Gasteiger partial charge in [0.25, 0.3) is 0 Å². The van der Waals surface area contributed by atoms with Crippen LogP contribution in [-0.2, 0) is 14.3 Å². The molecule has 1 aromatic rings. The average molecular weight is 438 g/mol. The molecule has 3 saturated heterocycles. The van der Waals surface area contributed by atoms with Crippen molar-refractivity contribution in [1.29, 1.82) is 0 Å². The van der Waals surface area contributed by atoms with Crippen LogP contribution in [0.2, 0.25) is 0 Å². The van der Waals surface area contributed by atoms with Crippen LogP contribution in [0.1, 0.15) is 20.3 Å². The number of carbonyl (C=O) groups excluding carboxylic acids is 2. The van der Waals surface area contributed by atoms with Gasteiger partial charge in [0.2, 0.25) is 11.8 Å². The second kappa shape index (κ2) is 4.77. The van der Waals surface area contributed by atoms with Crippen LogP contribution in [0.3, 0.4) is 0 Å². The Morgan fingerprint density at radius 2 is 2.00 bits per heavy atom. The number of rotatable bonds is 1. The van der Waals surface area contributed by atoms with Crippen molar-refractivity contribution >= 4 is 45.8 Å². The van der Waals surface area contributed by atoms with Crippen molar-refractivity contribution in [3.8, 4) is 0 Å². The third kappa shape index (κ3) is 1.76. The third-order valence-electron chi connectivity index (χ3n) is 5.60. The molecule has 2 unspecified atom stereocenters. The summed E-state index contributed by atoms with van der Waals surface area (Å²) in [6, 6.07) is 4.91. The molecule has 0 spiro atoms. The molecule has 1 aromatic carbocycles. The number of aliphatic hydroxyl groups excluding tert-OH is 1.